The molecule has 0 amide bonds. The van der Waals surface area contributed by atoms with E-state index in [1.165, 1.54) is 6.33 Å². The number of rotatable bonds is 7. The summed E-state index contributed by atoms with van der Waals surface area (Å²) in [4.78, 5) is 15.5. The minimum atomic E-state index is 0.163. The van der Waals surface area contributed by atoms with Gasteiger partial charge >= 0.3 is 0 Å². The van der Waals surface area contributed by atoms with E-state index >= 15 is 0 Å². The van der Waals surface area contributed by atoms with Crippen molar-refractivity contribution in [3.05, 3.63) is 41.9 Å². The molecule has 6 nitrogen and oxygen atoms in total. The number of nitrogens with zero attached hydrogens (tertiary/aromatic N) is 5. The molecular formula is C22H25N5OS. The van der Waals surface area contributed by atoms with Crippen molar-refractivity contribution >= 4 is 21.6 Å². The van der Waals surface area contributed by atoms with Crippen LogP contribution >= 0.6 is 11.3 Å². The maximum absolute atomic E-state index is 9.34. The van der Waals surface area contributed by atoms with E-state index in [1.54, 1.807) is 11.3 Å². The largest absolute Gasteiger partial charge is 0.396 e. The summed E-state index contributed by atoms with van der Waals surface area (Å²) in [6.07, 6.45) is 8.72. The Morgan fingerprint density at radius 1 is 1.21 bits per heavy atom. The Morgan fingerprint density at radius 3 is 2.72 bits per heavy atom. The Morgan fingerprint density at radius 2 is 2.00 bits per heavy atom. The van der Waals surface area contributed by atoms with E-state index < -0.39 is 0 Å². The molecule has 2 aromatic heterocycles. The van der Waals surface area contributed by atoms with E-state index in [9.17, 15) is 10.4 Å². The standard InChI is InChI=1S/C22H25N5OS/c23-7-3-17(6-10-27-8-4-16(14-28)5-9-27)22-26-20-2-1-18(11-21(20)29-22)19-12-24-15-25-13-19/h1-2,11-13,15-17,28H,3-6,8-10,14H2. The van der Waals surface area contributed by atoms with Crippen molar-refractivity contribution in [2.75, 3.05) is 26.2 Å². The number of thiazole rings is 1. The van der Waals surface area contributed by atoms with Crippen LogP contribution in [-0.2, 0) is 0 Å². The lowest BCUT2D eigenvalue weighted by atomic mass is 9.96. The fraction of sp³-hybridized carbons (Fsp3) is 0.455. The molecule has 29 heavy (non-hydrogen) atoms. The number of nitriles is 1. The predicted octanol–water partition coefficient (Wildman–Crippen LogP) is 3.84. The number of aliphatic hydroxyl groups is 1. The zero-order valence-corrected chi connectivity index (χ0v) is 17.2. The molecule has 4 rings (SSSR count). The van der Waals surface area contributed by atoms with Gasteiger partial charge in [-0.25, -0.2) is 15.0 Å². The molecule has 150 valence electrons. The second-order valence-corrected chi connectivity index (χ2v) is 8.74. The summed E-state index contributed by atoms with van der Waals surface area (Å²) in [7, 11) is 0. The summed E-state index contributed by atoms with van der Waals surface area (Å²) < 4.78 is 1.13. The SMILES string of the molecule is N#CCC(CCN1CCC(CO)CC1)c1nc2ccc(-c3cncnc3)cc2s1. The lowest BCUT2D eigenvalue weighted by Crippen LogP contribution is -2.35. The normalized spacial score (nSPS) is 16.7. The van der Waals surface area contributed by atoms with Crippen LogP contribution in [0.5, 0.6) is 0 Å². The molecule has 3 aromatic rings. The van der Waals surface area contributed by atoms with Crippen LogP contribution < -0.4 is 0 Å². The maximum atomic E-state index is 9.34. The Bertz CT molecular complexity index is 976. The van der Waals surface area contributed by atoms with Gasteiger partial charge in [-0.15, -0.1) is 11.3 Å². The Kier molecular flexibility index (Phi) is 6.45. The third-order valence-electron chi connectivity index (χ3n) is 5.74. The van der Waals surface area contributed by atoms with Crippen molar-refractivity contribution < 1.29 is 5.11 Å². The van der Waals surface area contributed by atoms with E-state index in [0.717, 1.165) is 65.2 Å². The Hall–Kier alpha value is -2.40. The highest BCUT2D eigenvalue weighted by atomic mass is 32.1. The molecule has 1 unspecified atom stereocenters. The Balaban J connectivity index is 1.47. The summed E-state index contributed by atoms with van der Waals surface area (Å²) in [5, 5.41) is 19.7. The van der Waals surface area contributed by atoms with E-state index in [2.05, 4.69) is 33.1 Å². The second kappa shape index (κ2) is 9.40. The fourth-order valence-corrected chi connectivity index (χ4v) is 5.04. The highest BCUT2D eigenvalue weighted by Crippen LogP contribution is 2.34. The molecule has 3 heterocycles. The maximum Gasteiger partial charge on any atom is 0.115 e. The van der Waals surface area contributed by atoms with Gasteiger partial charge in [0, 0.05) is 36.9 Å². The average molecular weight is 408 g/mol. The molecule has 1 atom stereocenters. The van der Waals surface area contributed by atoms with Crippen molar-refractivity contribution in [3.63, 3.8) is 0 Å². The number of aromatic nitrogens is 3. The first kappa shape index (κ1) is 19.9. The number of fused-ring (bicyclic) bond motifs is 1. The van der Waals surface area contributed by atoms with E-state index in [0.29, 0.717) is 18.9 Å². The number of piperidine rings is 1. The molecule has 0 saturated carbocycles. The van der Waals surface area contributed by atoms with Crippen molar-refractivity contribution in [2.45, 2.75) is 31.6 Å². The van der Waals surface area contributed by atoms with Crippen molar-refractivity contribution in [3.8, 4) is 17.2 Å². The zero-order valence-electron chi connectivity index (χ0n) is 16.4. The van der Waals surface area contributed by atoms with Crippen LogP contribution in [0.4, 0.5) is 0 Å². The molecule has 0 aliphatic carbocycles. The topological polar surface area (TPSA) is 85.9 Å². The van der Waals surface area contributed by atoms with Gasteiger partial charge in [0.25, 0.3) is 0 Å². The fourth-order valence-electron chi connectivity index (χ4n) is 3.90. The van der Waals surface area contributed by atoms with Gasteiger partial charge in [-0.1, -0.05) is 6.07 Å². The first-order valence-corrected chi connectivity index (χ1v) is 10.9. The monoisotopic (exact) mass is 407 g/mol. The Labute approximate surface area is 174 Å². The molecule has 0 radical (unpaired) electrons. The highest BCUT2D eigenvalue weighted by molar-refractivity contribution is 7.18. The number of benzene rings is 1. The summed E-state index contributed by atoms with van der Waals surface area (Å²) >= 11 is 1.69. The molecule has 1 saturated heterocycles. The van der Waals surface area contributed by atoms with Gasteiger partial charge in [-0.2, -0.15) is 5.26 Å². The van der Waals surface area contributed by atoms with Gasteiger partial charge in [-0.3, -0.25) is 0 Å². The van der Waals surface area contributed by atoms with Crippen LogP contribution in [0.3, 0.4) is 0 Å². The lowest BCUT2D eigenvalue weighted by molar-refractivity contribution is 0.129. The first-order chi connectivity index (χ1) is 14.3. The number of hydrogen-bond donors (Lipinski definition) is 1. The molecule has 1 aliphatic heterocycles. The number of likely N-dealkylation sites (tertiary alicyclic amines) is 1. The van der Waals surface area contributed by atoms with Gasteiger partial charge in [0.1, 0.15) is 6.33 Å². The van der Waals surface area contributed by atoms with Gasteiger partial charge in [0.15, 0.2) is 0 Å². The highest BCUT2D eigenvalue weighted by Gasteiger charge is 2.21. The molecule has 1 aromatic carbocycles. The van der Waals surface area contributed by atoms with Crippen molar-refractivity contribution in [1.29, 1.82) is 5.26 Å². The summed E-state index contributed by atoms with van der Waals surface area (Å²) in [5.41, 5.74) is 3.05. The van der Waals surface area contributed by atoms with Crippen LogP contribution in [-0.4, -0.2) is 51.2 Å². The van der Waals surface area contributed by atoms with Gasteiger partial charge < -0.3 is 10.0 Å². The summed E-state index contributed by atoms with van der Waals surface area (Å²) in [6.45, 7) is 3.35. The van der Waals surface area contributed by atoms with Crippen LogP contribution in [0.15, 0.2) is 36.9 Å². The van der Waals surface area contributed by atoms with Crippen LogP contribution in [0.1, 0.15) is 36.6 Å². The van der Waals surface area contributed by atoms with E-state index in [4.69, 9.17) is 4.98 Å². The third kappa shape index (κ3) is 4.78. The minimum absolute atomic E-state index is 0.163. The quantitative estimate of drug-likeness (QED) is 0.640. The summed E-state index contributed by atoms with van der Waals surface area (Å²) in [5.74, 6) is 0.617. The van der Waals surface area contributed by atoms with Crippen LogP contribution in [0, 0.1) is 17.2 Å². The number of hydrogen-bond acceptors (Lipinski definition) is 7. The molecule has 0 spiro atoms. The van der Waals surface area contributed by atoms with Gasteiger partial charge in [0.05, 0.1) is 21.3 Å². The van der Waals surface area contributed by atoms with Crippen molar-refractivity contribution in [1.82, 2.24) is 19.9 Å². The minimum Gasteiger partial charge on any atom is -0.396 e. The van der Waals surface area contributed by atoms with E-state index in [1.807, 2.05) is 18.5 Å². The van der Waals surface area contributed by atoms with Gasteiger partial charge in [-0.05, 0) is 62.5 Å². The predicted molar refractivity (Wildman–Crippen MR) is 114 cm³/mol. The second-order valence-electron chi connectivity index (χ2n) is 7.68. The molecule has 1 fully saturated rings. The van der Waals surface area contributed by atoms with Gasteiger partial charge in [0.2, 0.25) is 0 Å². The first-order valence-electron chi connectivity index (χ1n) is 10.1. The smallest absolute Gasteiger partial charge is 0.115 e. The summed E-state index contributed by atoms with van der Waals surface area (Å²) in [6, 6.07) is 8.58. The third-order valence-corrected chi connectivity index (χ3v) is 6.93. The lowest BCUT2D eigenvalue weighted by Gasteiger charge is -2.31. The molecule has 1 N–H and O–H groups in total. The van der Waals surface area contributed by atoms with Crippen molar-refractivity contribution in [2.24, 2.45) is 5.92 Å². The molecule has 7 heteroatoms. The molecular weight excluding hydrogens is 382 g/mol. The number of aliphatic hydroxyl groups excluding tert-OH is 1. The molecule has 1 aliphatic rings. The molecule has 0 bridgehead atoms. The van der Waals surface area contributed by atoms with Crippen LogP contribution in [0.25, 0.3) is 21.3 Å². The van der Waals surface area contributed by atoms with E-state index in [-0.39, 0.29) is 5.92 Å². The zero-order chi connectivity index (χ0) is 20.1. The average Bonchev–Trinajstić information content (AvgIpc) is 3.21. The van der Waals surface area contributed by atoms with Crippen LogP contribution in [0.2, 0.25) is 0 Å².